The van der Waals surface area contributed by atoms with Gasteiger partial charge in [0, 0.05) is 11.4 Å². The summed E-state index contributed by atoms with van der Waals surface area (Å²) in [6, 6.07) is 44.1. The molecule has 5 rings (SSSR count). The van der Waals surface area contributed by atoms with Crippen LogP contribution in [0.25, 0.3) is 22.3 Å². The van der Waals surface area contributed by atoms with Crippen molar-refractivity contribution in [2.75, 3.05) is 10.6 Å². The van der Waals surface area contributed by atoms with Gasteiger partial charge in [-0.1, -0.05) is 91.0 Å². The summed E-state index contributed by atoms with van der Waals surface area (Å²) in [5.41, 5.74) is 9.10. The van der Waals surface area contributed by atoms with Gasteiger partial charge in [-0.15, -0.1) is 0 Å². The van der Waals surface area contributed by atoms with Crippen molar-refractivity contribution in [1.82, 2.24) is 4.98 Å². The zero-order valence-electron chi connectivity index (χ0n) is 19.0. The molecule has 1 aromatic heterocycles. The van der Waals surface area contributed by atoms with Crippen LogP contribution in [0.4, 0.5) is 11.4 Å². The van der Waals surface area contributed by atoms with Crippen LogP contribution in [-0.2, 0) is 13.1 Å². The van der Waals surface area contributed by atoms with E-state index in [0.717, 1.165) is 22.8 Å². The molecule has 2 N–H and O–H groups in total. The molecule has 3 nitrogen and oxygen atoms in total. The van der Waals surface area contributed by atoms with Gasteiger partial charge in [-0.05, 0) is 58.7 Å². The molecule has 34 heavy (non-hydrogen) atoms. The first kappa shape index (κ1) is 21.5. The Morgan fingerprint density at radius 1 is 0.382 bits per heavy atom. The molecule has 0 saturated carbocycles. The zero-order valence-corrected chi connectivity index (χ0v) is 19.0. The van der Waals surface area contributed by atoms with Crippen LogP contribution >= 0.6 is 0 Å². The average molecular weight is 442 g/mol. The molecule has 0 amide bonds. The molecule has 0 aliphatic rings. The third kappa shape index (κ3) is 5.51. The number of aromatic nitrogens is 1. The summed E-state index contributed by atoms with van der Waals surface area (Å²) in [5.74, 6) is 0. The average Bonchev–Trinajstić information content (AvgIpc) is 2.93. The maximum absolute atomic E-state index is 4.81. The van der Waals surface area contributed by atoms with Crippen LogP contribution in [0.15, 0.2) is 127 Å². The maximum Gasteiger partial charge on any atom is 0.0598 e. The smallest absolute Gasteiger partial charge is 0.0598 e. The van der Waals surface area contributed by atoms with Gasteiger partial charge in [-0.25, -0.2) is 0 Å². The molecule has 0 aliphatic heterocycles. The van der Waals surface area contributed by atoms with Gasteiger partial charge < -0.3 is 10.6 Å². The Hall–Kier alpha value is -4.37. The van der Waals surface area contributed by atoms with Crippen LogP contribution in [0.5, 0.6) is 0 Å². The van der Waals surface area contributed by atoms with Gasteiger partial charge in [0.1, 0.15) is 0 Å². The third-order valence-electron chi connectivity index (χ3n) is 5.80. The quantitative estimate of drug-likeness (QED) is 0.260. The van der Waals surface area contributed by atoms with E-state index in [0.29, 0.717) is 13.1 Å². The number of benzene rings is 4. The topological polar surface area (TPSA) is 37.0 Å². The second kappa shape index (κ2) is 10.5. The molecule has 0 spiro atoms. The van der Waals surface area contributed by atoms with Gasteiger partial charge in [-0.2, -0.15) is 0 Å². The molecule has 0 fully saturated rings. The second-order valence-electron chi connectivity index (χ2n) is 8.21. The Kier molecular flexibility index (Phi) is 6.63. The summed E-state index contributed by atoms with van der Waals surface area (Å²) < 4.78 is 0. The summed E-state index contributed by atoms with van der Waals surface area (Å²) in [4.78, 5) is 4.81. The monoisotopic (exact) mass is 441 g/mol. The molecule has 4 aromatic carbocycles. The number of nitrogens with one attached hydrogen (secondary N) is 2. The van der Waals surface area contributed by atoms with Crippen molar-refractivity contribution in [3.8, 4) is 22.3 Å². The fourth-order valence-corrected chi connectivity index (χ4v) is 3.93. The van der Waals surface area contributed by atoms with Crippen molar-refractivity contribution in [3.63, 3.8) is 0 Å². The lowest BCUT2D eigenvalue weighted by Gasteiger charge is -2.10. The summed E-state index contributed by atoms with van der Waals surface area (Å²) in [7, 11) is 0. The van der Waals surface area contributed by atoms with E-state index in [1.807, 2.05) is 12.1 Å². The number of hydrogen-bond donors (Lipinski definition) is 2. The fraction of sp³-hybridized carbons (Fsp3) is 0.0645. The number of pyridine rings is 1. The molecule has 0 radical (unpaired) electrons. The lowest BCUT2D eigenvalue weighted by molar-refractivity contribution is 0.966. The predicted octanol–water partition coefficient (Wildman–Crippen LogP) is 7.64. The largest absolute Gasteiger partial charge is 0.379 e. The van der Waals surface area contributed by atoms with Crippen LogP contribution in [0.1, 0.15) is 11.4 Å². The third-order valence-corrected chi connectivity index (χ3v) is 5.80. The lowest BCUT2D eigenvalue weighted by Crippen LogP contribution is -2.06. The fourth-order valence-electron chi connectivity index (χ4n) is 3.93. The van der Waals surface area contributed by atoms with Gasteiger partial charge in [0.25, 0.3) is 0 Å². The number of rotatable bonds is 8. The molecule has 1 heterocycles. The van der Waals surface area contributed by atoms with Crippen molar-refractivity contribution >= 4 is 11.4 Å². The van der Waals surface area contributed by atoms with Crippen molar-refractivity contribution in [2.24, 2.45) is 0 Å². The van der Waals surface area contributed by atoms with Gasteiger partial charge in [0.15, 0.2) is 0 Å². The molecule has 0 saturated heterocycles. The van der Waals surface area contributed by atoms with Gasteiger partial charge in [0.2, 0.25) is 0 Å². The summed E-state index contributed by atoms with van der Waals surface area (Å²) in [6.45, 7) is 1.37. The van der Waals surface area contributed by atoms with Crippen LogP contribution in [-0.4, -0.2) is 4.98 Å². The van der Waals surface area contributed by atoms with E-state index in [1.54, 1.807) is 0 Å². The number of hydrogen-bond acceptors (Lipinski definition) is 3. The standard InChI is InChI=1S/C31H27N3/c1-3-8-24(9-4-1)26-14-18-28(19-15-26)32-22-30-12-7-13-31(34-30)23-33-29-20-16-27(17-21-29)25-10-5-2-6-11-25/h1-21,32-33H,22-23H2. The van der Waals surface area contributed by atoms with Crippen LogP contribution in [0.2, 0.25) is 0 Å². The number of nitrogens with zero attached hydrogens (tertiary/aromatic N) is 1. The van der Waals surface area contributed by atoms with Crippen molar-refractivity contribution in [1.29, 1.82) is 0 Å². The van der Waals surface area contributed by atoms with E-state index in [9.17, 15) is 0 Å². The van der Waals surface area contributed by atoms with Crippen LogP contribution < -0.4 is 10.6 Å². The van der Waals surface area contributed by atoms with Gasteiger partial charge >= 0.3 is 0 Å². The normalized spacial score (nSPS) is 10.6. The lowest BCUT2D eigenvalue weighted by atomic mass is 10.1. The highest BCUT2D eigenvalue weighted by Gasteiger charge is 2.02. The van der Waals surface area contributed by atoms with E-state index < -0.39 is 0 Å². The summed E-state index contributed by atoms with van der Waals surface area (Å²) >= 11 is 0. The first-order chi connectivity index (χ1) is 16.8. The predicted molar refractivity (Wildman–Crippen MR) is 143 cm³/mol. The highest BCUT2D eigenvalue weighted by molar-refractivity contribution is 5.66. The van der Waals surface area contributed by atoms with E-state index >= 15 is 0 Å². The molecule has 3 heteroatoms. The van der Waals surface area contributed by atoms with E-state index in [-0.39, 0.29) is 0 Å². The zero-order chi connectivity index (χ0) is 23.0. The second-order valence-corrected chi connectivity index (χ2v) is 8.21. The summed E-state index contributed by atoms with van der Waals surface area (Å²) in [5, 5.41) is 6.96. The molecule has 0 bridgehead atoms. The van der Waals surface area contributed by atoms with Crippen molar-refractivity contribution in [2.45, 2.75) is 13.1 Å². The molecule has 0 atom stereocenters. The Morgan fingerprint density at radius 2 is 0.765 bits per heavy atom. The molecule has 5 aromatic rings. The van der Waals surface area contributed by atoms with Gasteiger partial charge in [-0.3, -0.25) is 4.98 Å². The van der Waals surface area contributed by atoms with Crippen molar-refractivity contribution in [3.05, 3.63) is 139 Å². The molecule has 0 aliphatic carbocycles. The maximum atomic E-state index is 4.81. The van der Waals surface area contributed by atoms with Gasteiger partial charge in [0.05, 0.1) is 24.5 Å². The van der Waals surface area contributed by atoms with Crippen LogP contribution in [0.3, 0.4) is 0 Å². The summed E-state index contributed by atoms with van der Waals surface area (Å²) in [6.07, 6.45) is 0. The molecule has 0 unspecified atom stereocenters. The molecular formula is C31H27N3. The molecular weight excluding hydrogens is 414 g/mol. The minimum Gasteiger partial charge on any atom is -0.379 e. The first-order valence-electron chi connectivity index (χ1n) is 11.6. The Bertz CT molecular complexity index is 1210. The highest BCUT2D eigenvalue weighted by atomic mass is 14.9. The Balaban J connectivity index is 1.16. The minimum atomic E-state index is 0.685. The highest BCUT2D eigenvalue weighted by Crippen LogP contribution is 2.22. The van der Waals surface area contributed by atoms with Crippen molar-refractivity contribution < 1.29 is 0 Å². The Labute approximate surface area is 201 Å². The minimum absolute atomic E-state index is 0.685. The number of anilines is 2. The van der Waals surface area contributed by atoms with E-state index in [2.05, 4.69) is 126 Å². The SMILES string of the molecule is c1ccc(-c2ccc(NCc3cccc(CNc4ccc(-c5ccccc5)cc4)n3)cc2)cc1. The van der Waals surface area contributed by atoms with Crippen LogP contribution in [0, 0.1) is 0 Å². The first-order valence-corrected chi connectivity index (χ1v) is 11.6. The van der Waals surface area contributed by atoms with E-state index in [1.165, 1.54) is 22.3 Å². The molecule has 166 valence electrons. The Morgan fingerprint density at radius 3 is 1.18 bits per heavy atom. The van der Waals surface area contributed by atoms with E-state index in [4.69, 9.17) is 4.98 Å².